The van der Waals surface area contributed by atoms with Crippen molar-refractivity contribution < 1.29 is 24.9 Å². The SMILES string of the molecule is O=C(O)CCCCC(O)C(O)CCCCCCCC=CC=CC1=CO1. The lowest BCUT2D eigenvalue weighted by Crippen LogP contribution is -2.25. The second-order valence-corrected chi connectivity index (χ2v) is 6.54. The second-order valence-electron chi connectivity index (χ2n) is 6.54. The predicted molar refractivity (Wildman–Crippen MR) is 97.9 cm³/mol. The Kier molecular flexibility index (Phi) is 11.7. The number of carboxylic acid groups (broad SMARTS) is 1. The van der Waals surface area contributed by atoms with Crippen molar-refractivity contribution in [3.63, 3.8) is 0 Å². The highest BCUT2D eigenvalue weighted by molar-refractivity contribution is 5.66. The van der Waals surface area contributed by atoms with Crippen LogP contribution in [-0.4, -0.2) is 33.5 Å². The predicted octanol–water partition coefficient (Wildman–Crippen LogP) is 4.07. The fourth-order valence-electron chi connectivity index (χ4n) is 2.60. The Morgan fingerprint density at radius 2 is 1.56 bits per heavy atom. The minimum Gasteiger partial charge on any atom is -0.481 e. The minimum absolute atomic E-state index is 0.126. The van der Waals surface area contributed by atoms with Gasteiger partial charge < -0.3 is 20.1 Å². The third kappa shape index (κ3) is 13.4. The Morgan fingerprint density at radius 3 is 2.20 bits per heavy atom. The number of aliphatic hydroxyl groups is 2. The molecule has 5 heteroatoms. The second kappa shape index (κ2) is 13.7. The molecule has 0 amide bonds. The van der Waals surface area contributed by atoms with E-state index in [1.54, 1.807) is 6.26 Å². The van der Waals surface area contributed by atoms with Gasteiger partial charge in [-0.25, -0.2) is 0 Å². The quantitative estimate of drug-likeness (QED) is 0.288. The molecule has 0 spiro atoms. The largest absolute Gasteiger partial charge is 0.481 e. The number of allylic oxidation sites excluding steroid dienone is 4. The number of carbonyl (C=O) groups is 1. The summed E-state index contributed by atoms with van der Waals surface area (Å²) in [7, 11) is 0. The molecule has 0 bridgehead atoms. The van der Waals surface area contributed by atoms with Crippen LogP contribution in [0.1, 0.15) is 70.6 Å². The van der Waals surface area contributed by atoms with Crippen LogP contribution in [0.15, 0.2) is 36.3 Å². The number of carboxylic acids is 1. The van der Waals surface area contributed by atoms with E-state index in [0.29, 0.717) is 25.7 Å². The highest BCUT2D eigenvalue weighted by Crippen LogP contribution is 2.15. The van der Waals surface area contributed by atoms with Gasteiger partial charge in [0.2, 0.25) is 0 Å². The Morgan fingerprint density at radius 1 is 0.960 bits per heavy atom. The molecule has 2 unspecified atom stereocenters. The van der Waals surface area contributed by atoms with Gasteiger partial charge in [-0.05, 0) is 38.2 Å². The molecule has 5 nitrogen and oxygen atoms in total. The molecule has 0 saturated carbocycles. The summed E-state index contributed by atoms with van der Waals surface area (Å²) in [5.41, 5.74) is 0. The number of aliphatic carboxylic acids is 1. The normalized spacial score (nSPS) is 16.0. The number of unbranched alkanes of at least 4 members (excludes halogenated alkanes) is 6. The summed E-state index contributed by atoms with van der Waals surface area (Å²) in [5, 5.41) is 28.3. The summed E-state index contributed by atoms with van der Waals surface area (Å²) < 4.78 is 4.87. The monoisotopic (exact) mass is 352 g/mol. The number of hydrogen-bond donors (Lipinski definition) is 3. The Bertz CT molecular complexity index is 453. The van der Waals surface area contributed by atoms with Crippen molar-refractivity contribution in [2.24, 2.45) is 0 Å². The fraction of sp³-hybridized carbons (Fsp3) is 0.650. The standard InChI is InChI=1S/C20H32O5/c21-18(19(22)14-10-11-15-20(23)24)13-9-7-5-3-1-2-4-6-8-12-17-16-25-17/h4,6,8,12,16,18-19,21-22H,1-3,5,7,9-11,13-15H2,(H,23,24). The first kappa shape index (κ1) is 21.5. The van der Waals surface area contributed by atoms with Crippen molar-refractivity contribution in [1.29, 1.82) is 0 Å². The smallest absolute Gasteiger partial charge is 0.303 e. The first-order chi connectivity index (χ1) is 12.1. The van der Waals surface area contributed by atoms with Crippen molar-refractivity contribution >= 4 is 5.97 Å². The molecule has 0 aliphatic carbocycles. The molecule has 0 aromatic rings. The van der Waals surface area contributed by atoms with Gasteiger partial charge in [-0.15, -0.1) is 0 Å². The van der Waals surface area contributed by atoms with Crippen molar-refractivity contribution in [3.8, 4) is 0 Å². The van der Waals surface area contributed by atoms with Crippen LogP contribution in [0.2, 0.25) is 0 Å². The zero-order valence-electron chi connectivity index (χ0n) is 15.0. The summed E-state index contributed by atoms with van der Waals surface area (Å²) in [4.78, 5) is 10.4. The highest BCUT2D eigenvalue weighted by Gasteiger charge is 2.15. The minimum atomic E-state index is -0.812. The van der Waals surface area contributed by atoms with E-state index in [0.717, 1.165) is 37.9 Å². The van der Waals surface area contributed by atoms with Gasteiger partial charge in [0, 0.05) is 6.42 Å². The molecule has 1 aliphatic heterocycles. The molecular weight excluding hydrogens is 320 g/mol. The number of ether oxygens (including phenoxy) is 1. The summed E-state index contributed by atoms with van der Waals surface area (Å²) in [5.74, 6) is 0.115. The van der Waals surface area contributed by atoms with Gasteiger partial charge in [-0.1, -0.05) is 50.3 Å². The molecule has 142 valence electrons. The first-order valence-electron chi connectivity index (χ1n) is 9.37. The topological polar surface area (TPSA) is 90.3 Å². The van der Waals surface area contributed by atoms with E-state index in [9.17, 15) is 15.0 Å². The van der Waals surface area contributed by atoms with Gasteiger partial charge in [0.1, 0.15) is 6.26 Å². The maximum absolute atomic E-state index is 10.4. The van der Waals surface area contributed by atoms with Crippen LogP contribution in [0, 0.1) is 0 Å². The summed E-state index contributed by atoms with van der Waals surface area (Å²) in [6, 6.07) is 0. The molecular formula is C20H32O5. The molecule has 1 aliphatic rings. The van der Waals surface area contributed by atoms with Gasteiger partial charge in [0.15, 0.2) is 5.76 Å². The molecule has 1 rings (SSSR count). The van der Waals surface area contributed by atoms with Crippen LogP contribution in [0.25, 0.3) is 0 Å². The van der Waals surface area contributed by atoms with Crippen molar-refractivity contribution in [3.05, 3.63) is 36.3 Å². The zero-order chi connectivity index (χ0) is 18.3. The van der Waals surface area contributed by atoms with E-state index in [1.165, 1.54) is 6.42 Å². The molecule has 0 radical (unpaired) electrons. The zero-order valence-corrected chi connectivity index (χ0v) is 15.0. The molecule has 2 atom stereocenters. The maximum atomic E-state index is 10.4. The Hall–Kier alpha value is -1.59. The Balaban J connectivity index is 1.87. The lowest BCUT2D eigenvalue weighted by molar-refractivity contribution is -0.137. The first-order valence-corrected chi connectivity index (χ1v) is 9.37. The summed E-state index contributed by atoms with van der Waals surface area (Å²) in [6.45, 7) is 0. The summed E-state index contributed by atoms with van der Waals surface area (Å²) >= 11 is 0. The van der Waals surface area contributed by atoms with Crippen molar-refractivity contribution in [2.75, 3.05) is 0 Å². The average molecular weight is 352 g/mol. The van der Waals surface area contributed by atoms with Crippen molar-refractivity contribution in [2.45, 2.75) is 82.8 Å². The van der Waals surface area contributed by atoms with E-state index in [4.69, 9.17) is 9.84 Å². The van der Waals surface area contributed by atoms with Crippen LogP contribution in [0.4, 0.5) is 0 Å². The van der Waals surface area contributed by atoms with E-state index in [1.807, 2.05) is 18.2 Å². The number of hydrogen-bond acceptors (Lipinski definition) is 4. The van der Waals surface area contributed by atoms with Gasteiger partial charge in [0.05, 0.1) is 12.2 Å². The van der Waals surface area contributed by atoms with Gasteiger partial charge in [-0.3, -0.25) is 4.79 Å². The number of rotatable bonds is 16. The van der Waals surface area contributed by atoms with Gasteiger partial charge in [0.25, 0.3) is 0 Å². The molecule has 3 N–H and O–H groups in total. The number of aliphatic hydroxyl groups excluding tert-OH is 2. The highest BCUT2D eigenvalue weighted by atomic mass is 16.5. The van der Waals surface area contributed by atoms with Crippen LogP contribution < -0.4 is 0 Å². The lowest BCUT2D eigenvalue weighted by Gasteiger charge is -2.17. The molecule has 0 fully saturated rings. The van der Waals surface area contributed by atoms with Gasteiger partial charge >= 0.3 is 5.97 Å². The molecule has 0 aromatic carbocycles. The molecule has 25 heavy (non-hydrogen) atoms. The Labute approximate surface area is 150 Å². The fourth-order valence-corrected chi connectivity index (χ4v) is 2.60. The van der Waals surface area contributed by atoms with E-state index in [2.05, 4.69) is 6.08 Å². The average Bonchev–Trinajstić information content (AvgIpc) is 3.40. The van der Waals surface area contributed by atoms with E-state index < -0.39 is 18.2 Å². The molecule has 1 heterocycles. The van der Waals surface area contributed by atoms with Crippen LogP contribution in [0.5, 0.6) is 0 Å². The van der Waals surface area contributed by atoms with Crippen molar-refractivity contribution in [1.82, 2.24) is 0 Å². The third-order valence-corrected chi connectivity index (χ3v) is 4.22. The third-order valence-electron chi connectivity index (χ3n) is 4.22. The maximum Gasteiger partial charge on any atom is 0.303 e. The van der Waals surface area contributed by atoms with Gasteiger partial charge in [-0.2, -0.15) is 0 Å². The van der Waals surface area contributed by atoms with Crippen LogP contribution >= 0.6 is 0 Å². The lowest BCUT2D eigenvalue weighted by atomic mass is 10.0. The van der Waals surface area contributed by atoms with Crippen LogP contribution in [-0.2, 0) is 9.53 Å². The summed E-state index contributed by atoms with van der Waals surface area (Å²) in [6.07, 6.45) is 17.3. The van der Waals surface area contributed by atoms with Crippen LogP contribution in [0.3, 0.4) is 0 Å². The molecule has 0 aromatic heterocycles. The molecule has 0 saturated heterocycles. The van der Waals surface area contributed by atoms with E-state index in [-0.39, 0.29) is 6.42 Å². The van der Waals surface area contributed by atoms with E-state index >= 15 is 0 Å².